The van der Waals surface area contributed by atoms with Crippen molar-refractivity contribution >= 4 is 17.6 Å². The Morgan fingerprint density at radius 3 is 2.38 bits per heavy atom. The van der Waals surface area contributed by atoms with Gasteiger partial charge in [0.15, 0.2) is 0 Å². The summed E-state index contributed by atoms with van der Waals surface area (Å²) in [7, 11) is 1.58. The molecule has 3 aromatic carbocycles. The van der Waals surface area contributed by atoms with Gasteiger partial charge in [-0.2, -0.15) is 5.26 Å². The fraction of sp³-hybridized carbons (Fsp3) is 0.136. The standard InChI is InChI=1S/C22H20N2OS/c1-17-8-11-21(12-9-17)26-24(16-18-6-4-3-5-7-18)20-10-13-22(25-2)19(14-20)15-23/h3-14H,16H2,1-2H3. The van der Waals surface area contributed by atoms with Crippen LogP contribution in [0.3, 0.4) is 0 Å². The van der Waals surface area contributed by atoms with Crippen molar-refractivity contribution in [3.63, 3.8) is 0 Å². The second-order valence-electron chi connectivity index (χ2n) is 5.92. The van der Waals surface area contributed by atoms with Crippen LogP contribution in [0.1, 0.15) is 16.7 Å². The normalized spacial score (nSPS) is 10.2. The summed E-state index contributed by atoms with van der Waals surface area (Å²) in [4.78, 5) is 1.15. The first-order chi connectivity index (χ1) is 12.7. The van der Waals surface area contributed by atoms with Crippen molar-refractivity contribution in [2.75, 3.05) is 11.4 Å². The Morgan fingerprint density at radius 1 is 1.00 bits per heavy atom. The molecular weight excluding hydrogens is 340 g/mol. The van der Waals surface area contributed by atoms with Crippen molar-refractivity contribution in [1.82, 2.24) is 0 Å². The molecule has 0 aromatic heterocycles. The van der Waals surface area contributed by atoms with Crippen LogP contribution < -0.4 is 9.04 Å². The Kier molecular flexibility index (Phi) is 5.83. The maximum Gasteiger partial charge on any atom is 0.136 e. The van der Waals surface area contributed by atoms with E-state index in [0.29, 0.717) is 11.3 Å². The van der Waals surface area contributed by atoms with Crippen LogP contribution in [0.25, 0.3) is 0 Å². The molecule has 0 fully saturated rings. The smallest absolute Gasteiger partial charge is 0.136 e. The van der Waals surface area contributed by atoms with E-state index in [1.807, 2.05) is 36.4 Å². The Labute approximate surface area is 159 Å². The Balaban J connectivity index is 1.94. The molecule has 0 spiro atoms. The largest absolute Gasteiger partial charge is 0.495 e. The Hall–Kier alpha value is -2.90. The molecule has 3 aromatic rings. The van der Waals surface area contributed by atoms with E-state index in [-0.39, 0.29) is 0 Å². The van der Waals surface area contributed by atoms with Crippen LogP contribution in [-0.4, -0.2) is 7.11 Å². The summed E-state index contributed by atoms with van der Waals surface area (Å²) in [6.45, 7) is 2.81. The highest BCUT2D eigenvalue weighted by atomic mass is 32.2. The Bertz CT molecular complexity index is 902. The van der Waals surface area contributed by atoms with Crippen molar-refractivity contribution in [2.24, 2.45) is 0 Å². The van der Waals surface area contributed by atoms with Gasteiger partial charge in [0.05, 0.1) is 19.2 Å². The first-order valence-corrected chi connectivity index (χ1v) is 9.11. The van der Waals surface area contributed by atoms with E-state index in [0.717, 1.165) is 17.1 Å². The van der Waals surface area contributed by atoms with Gasteiger partial charge in [0, 0.05) is 10.6 Å². The van der Waals surface area contributed by atoms with Crippen molar-refractivity contribution in [2.45, 2.75) is 18.4 Å². The summed E-state index contributed by atoms with van der Waals surface area (Å²) in [6.07, 6.45) is 0. The number of benzene rings is 3. The van der Waals surface area contributed by atoms with Gasteiger partial charge >= 0.3 is 0 Å². The van der Waals surface area contributed by atoms with Crippen molar-refractivity contribution < 1.29 is 4.74 Å². The summed E-state index contributed by atoms with van der Waals surface area (Å²) in [5.41, 5.74) is 3.95. The molecule has 0 heterocycles. The van der Waals surface area contributed by atoms with Crippen LogP contribution in [0.5, 0.6) is 5.75 Å². The lowest BCUT2D eigenvalue weighted by Crippen LogP contribution is -2.14. The minimum Gasteiger partial charge on any atom is -0.495 e. The highest BCUT2D eigenvalue weighted by Gasteiger charge is 2.13. The third-order valence-electron chi connectivity index (χ3n) is 4.00. The molecule has 0 bridgehead atoms. The number of rotatable bonds is 6. The number of methoxy groups -OCH3 is 1. The number of nitriles is 1. The summed E-state index contributed by atoms with van der Waals surface area (Å²) in [5, 5.41) is 9.41. The van der Waals surface area contributed by atoms with Gasteiger partial charge < -0.3 is 9.04 Å². The lowest BCUT2D eigenvalue weighted by Gasteiger charge is -2.24. The molecule has 130 valence electrons. The van der Waals surface area contributed by atoms with Gasteiger partial charge in [-0.25, -0.2) is 0 Å². The molecule has 26 heavy (non-hydrogen) atoms. The van der Waals surface area contributed by atoms with Crippen LogP contribution in [0.4, 0.5) is 5.69 Å². The number of nitrogens with zero attached hydrogens (tertiary/aromatic N) is 2. The highest BCUT2D eigenvalue weighted by Crippen LogP contribution is 2.33. The molecule has 3 nitrogen and oxygen atoms in total. The molecule has 0 N–H and O–H groups in total. The van der Waals surface area contributed by atoms with Crippen LogP contribution in [-0.2, 0) is 6.54 Å². The molecule has 3 rings (SSSR count). The lowest BCUT2D eigenvalue weighted by atomic mass is 10.1. The minimum atomic E-state index is 0.535. The van der Waals surface area contributed by atoms with Gasteiger partial charge in [0.2, 0.25) is 0 Å². The molecule has 0 aliphatic carbocycles. The molecule has 0 aliphatic heterocycles. The van der Waals surface area contributed by atoms with E-state index in [4.69, 9.17) is 4.74 Å². The van der Waals surface area contributed by atoms with E-state index in [1.165, 1.54) is 11.1 Å². The lowest BCUT2D eigenvalue weighted by molar-refractivity contribution is 0.413. The molecule has 0 atom stereocenters. The topological polar surface area (TPSA) is 36.3 Å². The van der Waals surface area contributed by atoms with Gasteiger partial charge in [0.1, 0.15) is 11.8 Å². The molecule has 0 amide bonds. The molecule has 0 unspecified atom stereocenters. The fourth-order valence-corrected chi connectivity index (χ4v) is 3.54. The predicted molar refractivity (Wildman–Crippen MR) is 107 cm³/mol. The molecule has 0 saturated carbocycles. The highest BCUT2D eigenvalue weighted by molar-refractivity contribution is 8.00. The average molecular weight is 360 g/mol. The van der Waals surface area contributed by atoms with E-state index >= 15 is 0 Å². The predicted octanol–water partition coefficient (Wildman–Crippen LogP) is 5.59. The zero-order valence-electron chi connectivity index (χ0n) is 14.8. The van der Waals surface area contributed by atoms with Crippen molar-refractivity contribution in [3.8, 4) is 11.8 Å². The quantitative estimate of drug-likeness (QED) is 0.537. The SMILES string of the molecule is COc1ccc(N(Cc2ccccc2)Sc2ccc(C)cc2)cc1C#N. The summed E-state index contributed by atoms with van der Waals surface area (Å²) >= 11 is 1.66. The van der Waals surface area contributed by atoms with E-state index in [9.17, 15) is 5.26 Å². The van der Waals surface area contributed by atoms with Crippen LogP contribution >= 0.6 is 11.9 Å². The third-order valence-corrected chi connectivity index (χ3v) is 5.04. The van der Waals surface area contributed by atoms with Crippen LogP contribution in [0.15, 0.2) is 77.7 Å². The van der Waals surface area contributed by atoms with E-state index in [2.05, 4.69) is 53.7 Å². The van der Waals surface area contributed by atoms with Gasteiger partial charge in [-0.3, -0.25) is 0 Å². The molecule has 0 saturated heterocycles. The summed E-state index contributed by atoms with van der Waals surface area (Å²) < 4.78 is 7.47. The second kappa shape index (κ2) is 8.46. The number of hydrogen-bond acceptors (Lipinski definition) is 4. The number of hydrogen-bond donors (Lipinski definition) is 0. The Morgan fingerprint density at radius 2 is 1.73 bits per heavy atom. The van der Waals surface area contributed by atoms with Crippen molar-refractivity contribution in [1.29, 1.82) is 5.26 Å². The zero-order valence-corrected chi connectivity index (χ0v) is 15.7. The van der Waals surface area contributed by atoms with Gasteiger partial charge in [-0.05, 0) is 54.8 Å². The van der Waals surface area contributed by atoms with Crippen LogP contribution in [0, 0.1) is 18.3 Å². The van der Waals surface area contributed by atoms with Crippen molar-refractivity contribution in [3.05, 3.63) is 89.5 Å². The summed E-state index contributed by atoms with van der Waals surface area (Å²) in [6, 6.07) is 26.7. The maximum atomic E-state index is 9.41. The number of anilines is 1. The van der Waals surface area contributed by atoms with Gasteiger partial charge in [0.25, 0.3) is 0 Å². The maximum absolute atomic E-state index is 9.41. The second-order valence-corrected chi connectivity index (χ2v) is 7.02. The van der Waals surface area contributed by atoms with Crippen LogP contribution in [0.2, 0.25) is 0 Å². The number of ether oxygens (including phenoxy) is 1. The average Bonchev–Trinajstić information content (AvgIpc) is 2.69. The van der Waals surface area contributed by atoms with Gasteiger partial charge in [-0.15, -0.1) is 0 Å². The first kappa shape index (κ1) is 17.9. The van der Waals surface area contributed by atoms with Gasteiger partial charge in [-0.1, -0.05) is 48.0 Å². The molecule has 0 radical (unpaired) electrons. The molecule has 4 heteroatoms. The number of aryl methyl sites for hydroxylation is 1. The molecule has 0 aliphatic rings. The monoisotopic (exact) mass is 360 g/mol. The van der Waals surface area contributed by atoms with E-state index in [1.54, 1.807) is 19.1 Å². The fourth-order valence-electron chi connectivity index (χ4n) is 2.59. The zero-order chi connectivity index (χ0) is 18.4. The first-order valence-electron chi connectivity index (χ1n) is 8.34. The summed E-state index contributed by atoms with van der Waals surface area (Å²) in [5.74, 6) is 0.594. The minimum absolute atomic E-state index is 0.535. The molecular formula is C22H20N2OS. The third kappa shape index (κ3) is 4.38. The van der Waals surface area contributed by atoms with E-state index < -0.39 is 0 Å².